The van der Waals surface area contributed by atoms with Crippen LogP contribution in [0.5, 0.6) is 5.75 Å². The molecule has 0 aliphatic rings. The summed E-state index contributed by atoms with van der Waals surface area (Å²) in [6.45, 7) is 4.33. The molecule has 3 heteroatoms. The van der Waals surface area contributed by atoms with Crippen molar-refractivity contribution in [2.45, 2.75) is 6.61 Å². The Morgan fingerprint density at radius 2 is 1.73 bits per heavy atom. The van der Waals surface area contributed by atoms with Gasteiger partial charge in [-0.1, -0.05) is 67.3 Å². The van der Waals surface area contributed by atoms with Crippen molar-refractivity contribution in [3.63, 3.8) is 0 Å². The molecule has 0 N–H and O–H groups in total. The van der Waals surface area contributed by atoms with Crippen LogP contribution in [0.25, 0.3) is 16.8 Å². The molecule has 3 nitrogen and oxygen atoms in total. The molecular formula is C23H20O3. The maximum Gasteiger partial charge on any atom is 0.331 e. The lowest BCUT2D eigenvalue weighted by molar-refractivity contribution is -0.138. The first-order valence-corrected chi connectivity index (χ1v) is 8.41. The van der Waals surface area contributed by atoms with Crippen molar-refractivity contribution in [2.24, 2.45) is 0 Å². The highest BCUT2D eigenvalue weighted by atomic mass is 16.5. The van der Waals surface area contributed by atoms with Gasteiger partial charge in [-0.25, -0.2) is 4.79 Å². The van der Waals surface area contributed by atoms with Crippen LogP contribution in [0.15, 0.2) is 85.5 Å². The van der Waals surface area contributed by atoms with Crippen molar-refractivity contribution in [1.29, 1.82) is 0 Å². The van der Waals surface area contributed by atoms with Gasteiger partial charge in [0.05, 0.1) is 0 Å². The van der Waals surface area contributed by atoms with Crippen LogP contribution in [0.2, 0.25) is 0 Å². The van der Waals surface area contributed by atoms with E-state index < -0.39 is 0 Å². The smallest absolute Gasteiger partial charge is 0.331 e. The van der Waals surface area contributed by atoms with E-state index in [2.05, 4.69) is 6.58 Å². The van der Waals surface area contributed by atoms with Crippen LogP contribution in [-0.2, 0) is 16.1 Å². The van der Waals surface area contributed by atoms with Crippen LogP contribution < -0.4 is 4.74 Å². The number of hydrogen-bond donors (Lipinski definition) is 0. The van der Waals surface area contributed by atoms with Gasteiger partial charge in [-0.05, 0) is 40.1 Å². The zero-order chi connectivity index (χ0) is 18.2. The van der Waals surface area contributed by atoms with Gasteiger partial charge in [-0.15, -0.1) is 0 Å². The van der Waals surface area contributed by atoms with Crippen LogP contribution in [0.3, 0.4) is 0 Å². The van der Waals surface area contributed by atoms with Crippen molar-refractivity contribution in [2.75, 3.05) is 6.61 Å². The molecule has 0 amide bonds. The van der Waals surface area contributed by atoms with E-state index in [-0.39, 0.29) is 12.6 Å². The predicted octanol–water partition coefficient (Wildman–Crippen LogP) is 5.16. The van der Waals surface area contributed by atoms with Gasteiger partial charge in [0, 0.05) is 6.08 Å². The summed E-state index contributed by atoms with van der Waals surface area (Å²) in [6, 6.07) is 21.5. The Hall–Kier alpha value is -3.33. The minimum atomic E-state index is -0.370. The molecular weight excluding hydrogens is 324 g/mol. The molecule has 0 radical (unpaired) electrons. The second-order valence-electron chi connectivity index (χ2n) is 5.75. The average Bonchev–Trinajstić information content (AvgIpc) is 2.70. The Bertz CT molecular complexity index is 918. The molecule has 0 saturated carbocycles. The molecule has 0 heterocycles. The fourth-order valence-electron chi connectivity index (χ4n) is 2.61. The molecule has 130 valence electrons. The number of benzene rings is 3. The van der Waals surface area contributed by atoms with Crippen molar-refractivity contribution in [3.8, 4) is 5.75 Å². The van der Waals surface area contributed by atoms with E-state index in [0.717, 1.165) is 27.6 Å². The molecule has 0 atom stereocenters. The number of esters is 1. The third kappa shape index (κ3) is 4.61. The highest BCUT2D eigenvalue weighted by molar-refractivity contribution is 5.88. The van der Waals surface area contributed by atoms with Crippen LogP contribution in [0.4, 0.5) is 0 Å². The van der Waals surface area contributed by atoms with Crippen LogP contribution >= 0.6 is 0 Å². The Kier molecular flexibility index (Phi) is 5.84. The highest BCUT2D eigenvalue weighted by Gasteiger charge is 2.03. The van der Waals surface area contributed by atoms with Crippen LogP contribution in [0, 0.1) is 0 Å². The third-order valence-corrected chi connectivity index (χ3v) is 3.91. The Labute approximate surface area is 153 Å². The number of fused-ring (bicyclic) bond motifs is 1. The molecule has 3 aromatic rings. The number of rotatable bonds is 7. The van der Waals surface area contributed by atoms with Gasteiger partial charge in [0.25, 0.3) is 0 Å². The molecule has 3 rings (SSSR count). The summed E-state index contributed by atoms with van der Waals surface area (Å²) in [5.41, 5.74) is 1.90. The summed E-state index contributed by atoms with van der Waals surface area (Å²) in [4.78, 5) is 12.0. The number of carbonyl (C=O) groups is 1. The van der Waals surface area contributed by atoms with E-state index in [4.69, 9.17) is 9.47 Å². The second kappa shape index (κ2) is 8.67. The van der Waals surface area contributed by atoms with Crippen molar-refractivity contribution < 1.29 is 14.3 Å². The monoisotopic (exact) mass is 344 g/mol. The minimum Gasteiger partial charge on any atom is -0.490 e. The number of hydrogen-bond acceptors (Lipinski definition) is 3. The zero-order valence-corrected chi connectivity index (χ0v) is 14.4. The summed E-state index contributed by atoms with van der Waals surface area (Å²) in [7, 11) is 0. The van der Waals surface area contributed by atoms with Gasteiger partial charge in [-0.3, -0.25) is 0 Å². The SMILES string of the molecule is C=CCOc1ccc(/C=C/C(=O)OCc2cccc3ccccc23)cc1. The highest BCUT2D eigenvalue weighted by Crippen LogP contribution is 2.19. The Morgan fingerprint density at radius 1 is 0.962 bits per heavy atom. The van der Waals surface area contributed by atoms with E-state index >= 15 is 0 Å². The van der Waals surface area contributed by atoms with E-state index in [0.29, 0.717) is 6.61 Å². The topological polar surface area (TPSA) is 35.5 Å². The van der Waals surface area contributed by atoms with E-state index in [1.807, 2.05) is 66.7 Å². The largest absolute Gasteiger partial charge is 0.490 e. The van der Waals surface area contributed by atoms with Gasteiger partial charge in [-0.2, -0.15) is 0 Å². The second-order valence-corrected chi connectivity index (χ2v) is 5.75. The van der Waals surface area contributed by atoms with Crippen molar-refractivity contribution >= 4 is 22.8 Å². The summed E-state index contributed by atoms with van der Waals surface area (Å²) in [6.07, 6.45) is 4.85. The molecule has 0 aliphatic carbocycles. The first-order chi connectivity index (χ1) is 12.8. The molecule has 0 unspecified atom stereocenters. The molecule has 3 aromatic carbocycles. The lowest BCUT2D eigenvalue weighted by atomic mass is 10.1. The van der Waals surface area contributed by atoms with E-state index in [1.54, 1.807) is 12.2 Å². The van der Waals surface area contributed by atoms with Crippen LogP contribution in [-0.4, -0.2) is 12.6 Å². The molecule has 0 spiro atoms. The Morgan fingerprint density at radius 3 is 2.54 bits per heavy atom. The fraction of sp³-hybridized carbons (Fsp3) is 0.0870. The lowest BCUT2D eigenvalue weighted by Crippen LogP contribution is -2.01. The minimum absolute atomic E-state index is 0.249. The third-order valence-electron chi connectivity index (χ3n) is 3.91. The summed E-state index contributed by atoms with van der Waals surface area (Å²) < 4.78 is 10.8. The summed E-state index contributed by atoms with van der Waals surface area (Å²) >= 11 is 0. The van der Waals surface area contributed by atoms with E-state index in [9.17, 15) is 4.79 Å². The molecule has 0 aliphatic heterocycles. The quantitative estimate of drug-likeness (QED) is 0.337. The first-order valence-electron chi connectivity index (χ1n) is 8.41. The Balaban J connectivity index is 1.58. The molecule has 0 aromatic heterocycles. The number of carbonyl (C=O) groups excluding carboxylic acids is 1. The maximum atomic E-state index is 12.0. The van der Waals surface area contributed by atoms with Crippen molar-refractivity contribution in [1.82, 2.24) is 0 Å². The standard InChI is InChI=1S/C23H20O3/c1-2-16-25-21-13-10-18(11-14-21)12-15-23(24)26-17-20-8-5-7-19-6-3-4-9-22(19)20/h2-15H,1,16-17H2/b15-12+. The summed E-state index contributed by atoms with van der Waals surface area (Å²) in [5, 5.41) is 2.23. The van der Waals surface area contributed by atoms with Gasteiger partial charge < -0.3 is 9.47 Å². The van der Waals surface area contributed by atoms with Gasteiger partial charge in [0.1, 0.15) is 19.0 Å². The fourth-order valence-corrected chi connectivity index (χ4v) is 2.61. The molecule has 26 heavy (non-hydrogen) atoms. The van der Waals surface area contributed by atoms with Gasteiger partial charge in [0.2, 0.25) is 0 Å². The molecule has 0 bridgehead atoms. The van der Waals surface area contributed by atoms with Gasteiger partial charge >= 0.3 is 5.97 Å². The average molecular weight is 344 g/mol. The first kappa shape index (κ1) is 17.5. The normalized spacial score (nSPS) is 10.8. The molecule has 0 fully saturated rings. The number of ether oxygens (including phenoxy) is 2. The molecule has 0 saturated heterocycles. The zero-order valence-electron chi connectivity index (χ0n) is 14.4. The predicted molar refractivity (Wildman–Crippen MR) is 105 cm³/mol. The lowest BCUT2D eigenvalue weighted by Gasteiger charge is -2.06. The van der Waals surface area contributed by atoms with E-state index in [1.165, 1.54) is 6.08 Å². The van der Waals surface area contributed by atoms with Crippen LogP contribution in [0.1, 0.15) is 11.1 Å². The van der Waals surface area contributed by atoms with Gasteiger partial charge in [0.15, 0.2) is 0 Å². The van der Waals surface area contributed by atoms with Crippen molar-refractivity contribution in [3.05, 3.63) is 96.6 Å². The summed E-state index contributed by atoms with van der Waals surface area (Å²) in [5.74, 6) is 0.394. The maximum absolute atomic E-state index is 12.0.